The second-order valence-corrected chi connectivity index (χ2v) is 7.46. The van der Waals surface area contributed by atoms with Crippen molar-refractivity contribution in [3.63, 3.8) is 0 Å². The van der Waals surface area contributed by atoms with Gasteiger partial charge in [0.2, 0.25) is 5.91 Å². The lowest BCUT2D eigenvalue weighted by atomic mass is 9.90. The number of fused-ring (bicyclic) bond motifs is 1. The van der Waals surface area contributed by atoms with Crippen molar-refractivity contribution >= 4 is 11.8 Å². The first kappa shape index (κ1) is 17.6. The van der Waals surface area contributed by atoms with Crippen molar-refractivity contribution in [1.82, 2.24) is 10.2 Å². The zero-order valence-corrected chi connectivity index (χ0v) is 15.5. The van der Waals surface area contributed by atoms with Crippen LogP contribution in [0.4, 0.5) is 0 Å². The normalized spacial score (nSPS) is 23.0. The Morgan fingerprint density at radius 1 is 1.15 bits per heavy atom. The largest absolute Gasteiger partial charge is 0.483 e. The van der Waals surface area contributed by atoms with Crippen LogP contribution in [0.25, 0.3) is 0 Å². The molecule has 1 spiro atoms. The average Bonchev–Trinajstić information content (AvgIpc) is 2.84. The SMILES string of the molecule is C[C@@H](C(=O)N1CCC[C@@]2(CNC(=O)c3ccccc3O2)C1)c1ccccc1. The highest BCUT2D eigenvalue weighted by Gasteiger charge is 2.42. The highest BCUT2D eigenvalue weighted by Crippen LogP contribution is 2.33. The number of likely N-dealkylation sites (tertiary alicyclic amines) is 1. The third-order valence-corrected chi connectivity index (χ3v) is 5.55. The Kier molecular flexibility index (Phi) is 4.60. The molecule has 0 radical (unpaired) electrons. The molecule has 0 saturated carbocycles. The summed E-state index contributed by atoms with van der Waals surface area (Å²) in [5.74, 6) is 0.378. The summed E-state index contributed by atoms with van der Waals surface area (Å²) in [7, 11) is 0. The second-order valence-electron chi connectivity index (χ2n) is 7.46. The molecule has 0 bridgehead atoms. The van der Waals surface area contributed by atoms with Crippen LogP contribution in [0.15, 0.2) is 54.6 Å². The number of ether oxygens (including phenoxy) is 1. The molecule has 0 aromatic heterocycles. The van der Waals surface area contributed by atoms with E-state index in [1.807, 2.05) is 60.4 Å². The molecule has 2 aromatic rings. The van der Waals surface area contributed by atoms with Crippen LogP contribution in [0.5, 0.6) is 5.75 Å². The lowest BCUT2D eigenvalue weighted by Crippen LogP contribution is -2.58. The van der Waals surface area contributed by atoms with Crippen LogP contribution in [0.3, 0.4) is 0 Å². The summed E-state index contributed by atoms with van der Waals surface area (Å²) in [6.45, 7) is 3.56. The van der Waals surface area contributed by atoms with Crippen LogP contribution < -0.4 is 10.1 Å². The number of piperidine rings is 1. The topological polar surface area (TPSA) is 58.6 Å². The second kappa shape index (κ2) is 7.06. The summed E-state index contributed by atoms with van der Waals surface area (Å²) < 4.78 is 6.34. The number of hydrogen-bond acceptors (Lipinski definition) is 3. The number of rotatable bonds is 2. The molecule has 2 aliphatic rings. The number of benzene rings is 2. The molecule has 4 rings (SSSR count). The van der Waals surface area contributed by atoms with Crippen molar-refractivity contribution in [3.8, 4) is 5.75 Å². The molecule has 2 atom stereocenters. The number of nitrogens with one attached hydrogen (secondary N) is 1. The predicted molar refractivity (Wildman–Crippen MR) is 103 cm³/mol. The van der Waals surface area contributed by atoms with Gasteiger partial charge in [-0.2, -0.15) is 0 Å². The number of carbonyl (C=O) groups is 2. The molecule has 27 heavy (non-hydrogen) atoms. The van der Waals surface area contributed by atoms with Gasteiger partial charge < -0.3 is 15.0 Å². The molecule has 2 heterocycles. The maximum Gasteiger partial charge on any atom is 0.255 e. The standard InChI is InChI=1S/C22H24N2O3/c1-16(17-8-3-2-4-9-17)21(26)24-13-7-12-22(15-24)14-23-20(25)18-10-5-6-11-19(18)27-22/h2-6,8-11,16H,7,12-15H2,1H3,(H,23,25)/t16-,22-/m1/s1. The number of para-hydroxylation sites is 1. The fraction of sp³-hybridized carbons (Fsp3) is 0.364. The average molecular weight is 364 g/mol. The molecule has 2 amide bonds. The van der Waals surface area contributed by atoms with E-state index in [1.165, 1.54) is 0 Å². The van der Waals surface area contributed by atoms with Gasteiger partial charge in [0.05, 0.1) is 24.6 Å². The van der Waals surface area contributed by atoms with Crippen LogP contribution in [0.2, 0.25) is 0 Å². The van der Waals surface area contributed by atoms with Crippen molar-refractivity contribution in [3.05, 3.63) is 65.7 Å². The van der Waals surface area contributed by atoms with Crippen molar-refractivity contribution in [2.45, 2.75) is 31.3 Å². The molecule has 0 aliphatic carbocycles. The van der Waals surface area contributed by atoms with Crippen LogP contribution in [0.1, 0.15) is 41.6 Å². The van der Waals surface area contributed by atoms with E-state index in [9.17, 15) is 9.59 Å². The highest BCUT2D eigenvalue weighted by atomic mass is 16.5. The molecule has 5 nitrogen and oxygen atoms in total. The van der Waals surface area contributed by atoms with Gasteiger partial charge in [0.25, 0.3) is 5.91 Å². The number of carbonyl (C=O) groups excluding carboxylic acids is 2. The molecular weight excluding hydrogens is 340 g/mol. The predicted octanol–water partition coefficient (Wildman–Crippen LogP) is 2.97. The fourth-order valence-electron chi connectivity index (χ4n) is 4.02. The Labute approximate surface area is 159 Å². The maximum atomic E-state index is 13.1. The molecule has 140 valence electrons. The summed E-state index contributed by atoms with van der Waals surface area (Å²) in [6.07, 6.45) is 1.66. The van der Waals surface area contributed by atoms with Gasteiger partial charge in [0, 0.05) is 6.54 Å². The quantitative estimate of drug-likeness (QED) is 0.891. The van der Waals surface area contributed by atoms with E-state index >= 15 is 0 Å². The Balaban J connectivity index is 1.56. The van der Waals surface area contributed by atoms with E-state index in [-0.39, 0.29) is 17.7 Å². The summed E-state index contributed by atoms with van der Waals surface area (Å²) in [6, 6.07) is 17.1. The Bertz CT molecular complexity index is 852. The number of nitrogens with zero attached hydrogens (tertiary/aromatic N) is 1. The van der Waals surface area contributed by atoms with Gasteiger partial charge >= 0.3 is 0 Å². The van der Waals surface area contributed by atoms with Gasteiger partial charge in [0.1, 0.15) is 11.4 Å². The van der Waals surface area contributed by atoms with Gasteiger partial charge in [-0.25, -0.2) is 0 Å². The van der Waals surface area contributed by atoms with Gasteiger partial charge in [-0.1, -0.05) is 42.5 Å². The molecule has 1 saturated heterocycles. The molecule has 1 fully saturated rings. The number of hydrogen-bond donors (Lipinski definition) is 1. The zero-order valence-electron chi connectivity index (χ0n) is 15.5. The van der Waals surface area contributed by atoms with E-state index < -0.39 is 5.60 Å². The Morgan fingerprint density at radius 2 is 1.89 bits per heavy atom. The van der Waals surface area contributed by atoms with Gasteiger partial charge in [-0.3, -0.25) is 9.59 Å². The highest BCUT2D eigenvalue weighted by molar-refractivity contribution is 5.97. The van der Waals surface area contributed by atoms with Crippen LogP contribution in [-0.2, 0) is 4.79 Å². The zero-order chi connectivity index (χ0) is 18.9. The lowest BCUT2D eigenvalue weighted by Gasteiger charge is -2.42. The molecule has 1 N–H and O–H groups in total. The van der Waals surface area contributed by atoms with E-state index in [4.69, 9.17) is 4.74 Å². The van der Waals surface area contributed by atoms with E-state index in [1.54, 1.807) is 6.07 Å². The molecule has 0 unspecified atom stereocenters. The maximum absolute atomic E-state index is 13.1. The minimum Gasteiger partial charge on any atom is -0.483 e. The van der Waals surface area contributed by atoms with Crippen molar-refractivity contribution in [2.24, 2.45) is 0 Å². The van der Waals surface area contributed by atoms with Crippen LogP contribution >= 0.6 is 0 Å². The first-order valence-corrected chi connectivity index (χ1v) is 9.48. The Morgan fingerprint density at radius 3 is 2.70 bits per heavy atom. The van der Waals surface area contributed by atoms with Crippen molar-refractivity contribution in [2.75, 3.05) is 19.6 Å². The van der Waals surface area contributed by atoms with Crippen LogP contribution in [-0.4, -0.2) is 41.9 Å². The first-order valence-electron chi connectivity index (χ1n) is 9.48. The third kappa shape index (κ3) is 3.42. The number of amides is 2. The van der Waals surface area contributed by atoms with Gasteiger partial charge in [-0.05, 0) is 37.5 Å². The molecule has 5 heteroatoms. The minimum absolute atomic E-state index is 0.104. The monoisotopic (exact) mass is 364 g/mol. The summed E-state index contributed by atoms with van der Waals surface area (Å²) in [5, 5.41) is 2.98. The summed E-state index contributed by atoms with van der Waals surface area (Å²) in [5.41, 5.74) is 0.991. The van der Waals surface area contributed by atoms with E-state index in [0.717, 1.165) is 24.9 Å². The Hall–Kier alpha value is -2.82. The van der Waals surface area contributed by atoms with E-state index in [0.29, 0.717) is 24.4 Å². The minimum atomic E-state index is -0.577. The molecule has 2 aliphatic heterocycles. The summed E-state index contributed by atoms with van der Waals surface area (Å²) in [4.78, 5) is 27.4. The summed E-state index contributed by atoms with van der Waals surface area (Å²) >= 11 is 0. The van der Waals surface area contributed by atoms with Crippen LogP contribution in [0, 0.1) is 0 Å². The molecule has 2 aromatic carbocycles. The van der Waals surface area contributed by atoms with Gasteiger partial charge in [0.15, 0.2) is 0 Å². The first-order chi connectivity index (χ1) is 13.1. The lowest BCUT2D eigenvalue weighted by molar-refractivity contribution is -0.138. The van der Waals surface area contributed by atoms with E-state index in [2.05, 4.69) is 5.32 Å². The van der Waals surface area contributed by atoms with Crippen molar-refractivity contribution in [1.29, 1.82) is 0 Å². The smallest absolute Gasteiger partial charge is 0.255 e. The fourth-order valence-corrected chi connectivity index (χ4v) is 4.02. The third-order valence-electron chi connectivity index (χ3n) is 5.55. The van der Waals surface area contributed by atoms with Gasteiger partial charge in [-0.15, -0.1) is 0 Å². The molecular formula is C22H24N2O3. The van der Waals surface area contributed by atoms with Crippen molar-refractivity contribution < 1.29 is 14.3 Å².